The van der Waals surface area contributed by atoms with Crippen LogP contribution in [0.5, 0.6) is 0 Å². The number of carbonyl (C=O) groups is 1. The van der Waals surface area contributed by atoms with Gasteiger partial charge in [0.1, 0.15) is 0 Å². The molecule has 0 aromatic carbocycles. The van der Waals surface area contributed by atoms with Gasteiger partial charge in [-0.15, -0.1) is 0 Å². The zero-order chi connectivity index (χ0) is 5.70. The van der Waals surface area contributed by atoms with Crippen molar-refractivity contribution >= 4 is 4.94 Å². The van der Waals surface area contributed by atoms with Crippen molar-refractivity contribution in [3.63, 3.8) is 0 Å². The van der Waals surface area contributed by atoms with E-state index in [0.717, 1.165) is 0 Å². The van der Waals surface area contributed by atoms with Crippen LogP contribution < -0.4 is 0 Å². The maximum absolute atomic E-state index is 9.68. The summed E-state index contributed by atoms with van der Waals surface area (Å²) in [7, 11) is 0. The van der Waals surface area contributed by atoms with Crippen LogP contribution in [0.2, 0.25) is 5.39 Å². The van der Waals surface area contributed by atoms with E-state index in [0.29, 0.717) is 19.8 Å². The number of hydrogen-bond acceptors (Lipinski definition) is 1. The molecular formula is C4H6NiO2. The Hall–Kier alpha value is -0.296. The predicted molar refractivity (Wildman–Crippen MR) is 23.0 cm³/mol. The normalized spacial score (nSPS) is 8.57. The Kier molecular flexibility index (Phi) is 3.71. The van der Waals surface area contributed by atoms with Gasteiger partial charge in [0.25, 0.3) is 0 Å². The van der Waals surface area contributed by atoms with E-state index in [4.69, 9.17) is 5.11 Å². The summed E-state index contributed by atoms with van der Waals surface area (Å²) in [5.41, 5.74) is 0. The number of carboxylic acid groups (broad SMARTS) is 1. The molecule has 2 nitrogen and oxygen atoms in total. The minimum absolute atomic E-state index is 0.502. The van der Waals surface area contributed by atoms with Gasteiger partial charge in [-0.2, -0.15) is 0 Å². The summed E-state index contributed by atoms with van der Waals surface area (Å²) in [5, 5.41) is 8.47. The molecule has 0 fully saturated rings. The van der Waals surface area contributed by atoms with Crippen molar-refractivity contribution in [3.8, 4) is 0 Å². The van der Waals surface area contributed by atoms with Gasteiger partial charge >= 0.3 is 47.3 Å². The van der Waals surface area contributed by atoms with Gasteiger partial charge in [-0.3, -0.25) is 0 Å². The van der Waals surface area contributed by atoms with Gasteiger partial charge in [0.2, 0.25) is 0 Å². The Labute approximate surface area is 48.0 Å². The summed E-state index contributed by atoms with van der Waals surface area (Å²) in [6.07, 6.45) is 1.56. The first-order valence-electron chi connectivity index (χ1n) is 1.63. The molecule has 0 spiro atoms. The Morgan fingerprint density at radius 1 is 2.00 bits per heavy atom. The molecule has 0 aliphatic carbocycles. The molecule has 0 saturated carbocycles. The van der Waals surface area contributed by atoms with Crippen LogP contribution in [0.4, 0.5) is 4.79 Å². The summed E-state index contributed by atoms with van der Waals surface area (Å²) >= 11 is 0.672. The first-order valence-corrected chi connectivity index (χ1v) is 2.82. The van der Waals surface area contributed by atoms with Crippen LogP contribution in [-0.4, -0.2) is 10.0 Å². The summed E-state index contributed by atoms with van der Waals surface area (Å²) in [5.74, 6) is 0. The van der Waals surface area contributed by atoms with Crippen molar-refractivity contribution in [2.45, 2.75) is 5.39 Å². The third-order valence-corrected chi connectivity index (χ3v) is 1.04. The summed E-state index contributed by atoms with van der Waals surface area (Å²) < 4.78 is 0. The average Bonchev–Trinajstić information content (AvgIpc) is 1.61. The van der Waals surface area contributed by atoms with Gasteiger partial charge < -0.3 is 0 Å². The van der Waals surface area contributed by atoms with E-state index in [1.54, 1.807) is 6.08 Å². The molecule has 0 amide bonds. The predicted octanol–water partition coefficient (Wildman–Crippen LogP) is 1.35. The van der Waals surface area contributed by atoms with Crippen LogP contribution in [0.3, 0.4) is 0 Å². The van der Waals surface area contributed by atoms with E-state index in [1.807, 2.05) is 0 Å². The molecule has 44 valence electrons. The Morgan fingerprint density at radius 2 is 2.57 bits per heavy atom. The molecule has 0 unspecified atom stereocenters. The molecule has 0 aliphatic heterocycles. The second-order valence-electron chi connectivity index (χ2n) is 0.756. The summed E-state index contributed by atoms with van der Waals surface area (Å²) in [6, 6.07) is 0. The number of rotatable bonds is 3. The SMILES string of the molecule is C=C[CH2][Ni][C](=O)O. The van der Waals surface area contributed by atoms with E-state index in [1.165, 1.54) is 0 Å². The van der Waals surface area contributed by atoms with Crippen LogP contribution in [-0.2, 0) is 14.4 Å². The molecular weight excluding hydrogens is 139 g/mol. The Morgan fingerprint density at radius 3 is 2.71 bits per heavy atom. The van der Waals surface area contributed by atoms with E-state index >= 15 is 0 Å². The molecule has 0 saturated heterocycles. The molecule has 1 N–H and O–H groups in total. The fourth-order valence-corrected chi connectivity index (χ4v) is 0.416. The molecule has 3 heteroatoms. The van der Waals surface area contributed by atoms with Gasteiger partial charge in [-0.1, -0.05) is 0 Å². The van der Waals surface area contributed by atoms with Gasteiger partial charge in [0, 0.05) is 0 Å². The third kappa shape index (κ3) is 5.70. The van der Waals surface area contributed by atoms with Gasteiger partial charge in [-0.25, -0.2) is 0 Å². The van der Waals surface area contributed by atoms with Gasteiger partial charge in [0.15, 0.2) is 0 Å². The van der Waals surface area contributed by atoms with Crippen LogP contribution in [0.25, 0.3) is 0 Å². The Bertz CT molecular complexity index is 79.8. The average molecular weight is 145 g/mol. The molecule has 0 rings (SSSR count). The van der Waals surface area contributed by atoms with Crippen molar-refractivity contribution in [1.82, 2.24) is 0 Å². The van der Waals surface area contributed by atoms with Gasteiger partial charge in [0.05, 0.1) is 0 Å². The minimum atomic E-state index is -0.826. The van der Waals surface area contributed by atoms with E-state index in [9.17, 15) is 4.79 Å². The maximum atomic E-state index is 9.68. The van der Waals surface area contributed by atoms with Crippen LogP contribution in [0, 0.1) is 0 Å². The first kappa shape index (κ1) is 6.70. The molecule has 0 atom stereocenters. The Balaban J connectivity index is 2.97. The fourth-order valence-electron chi connectivity index (χ4n) is 0.101. The third-order valence-electron chi connectivity index (χ3n) is 0.251. The molecule has 0 aliphatic rings. The van der Waals surface area contributed by atoms with Crippen molar-refractivity contribution in [3.05, 3.63) is 12.7 Å². The molecule has 0 radical (unpaired) electrons. The first-order chi connectivity index (χ1) is 3.27. The monoisotopic (exact) mass is 144 g/mol. The second-order valence-corrected chi connectivity index (χ2v) is 1.93. The van der Waals surface area contributed by atoms with E-state index in [-0.39, 0.29) is 0 Å². The van der Waals surface area contributed by atoms with Crippen LogP contribution in [0.15, 0.2) is 12.7 Å². The van der Waals surface area contributed by atoms with Gasteiger partial charge in [-0.05, 0) is 0 Å². The van der Waals surface area contributed by atoms with Crippen molar-refractivity contribution in [2.24, 2.45) is 0 Å². The summed E-state index contributed by atoms with van der Waals surface area (Å²) in [4.78, 5) is 8.86. The summed E-state index contributed by atoms with van der Waals surface area (Å²) in [6.45, 7) is 3.35. The van der Waals surface area contributed by atoms with Crippen molar-refractivity contribution in [2.75, 3.05) is 0 Å². The van der Waals surface area contributed by atoms with E-state index in [2.05, 4.69) is 6.58 Å². The second kappa shape index (κ2) is 3.88. The number of allylic oxidation sites excluding steroid dienone is 1. The fraction of sp³-hybridized carbons (Fsp3) is 0.250. The molecule has 0 aromatic rings. The van der Waals surface area contributed by atoms with Crippen LogP contribution in [0.1, 0.15) is 0 Å². The molecule has 0 heterocycles. The number of hydrogen-bond donors (Lipinski definition) is 1. The van der Waals surface area contributed by atoms with Crippen LogP contribution >= 0.6 is 0 Å². The van der Waals surface area contributed by atoms with E-state index < -0.39 is 4.94 Å². The topological polar surface area (TPSA) is 37.3 Å². The molecule has 7 heavy (non-hydrogen) atoms. The molecule has 0 aromatic heterocycles. The quantitative estimate of drug-likeness (QED) is 0.480. The van der Waals surface area contributed by atoms with Crippen molar-refractivity contribution in [1.29, 1.82) is 0 Å². The standard InChI is InChI=1S/C3H5.CHO2.Ni/c1-3-2;2-1-3;/h3H,1-2H2;(H,2,3);. The molecule has 0 bridgehead atoms. The van der Waals surface area contributed by atoms with Crippen molar-refractivity contribution < 1.29 is 24.3 Å². The zero-order valence-electron chi connectivity index (χ0n) is 3.66. The zero-order valence-corrected chi connectivity index (χ0v) is 4.65.